The SMILES string of the molecule is CC(C)c1nccn1CC[C@H]1CCCN(C(=O)OC(C)(C)C)C1. The van der Waals surface area contributed by atoms with E-state index < -0.39 is 5.60 Å². The molecule has 0 N–H and O–H groups in total. The Labute approximate surface area is 140 Å². The van der Waals surface area contributed by atoms with Crippen molar-refractivity contribution in [3.63, 3.8) is 0 Å². The molecule has 2 rings (SSSR count). The zero-order chi connectivity index (χ0) is 17.0. The van der Waals surface area contributed by atoms with E-state index in [0.29, 0.717) is 11.8 Å². The van der Waals surface area contributed by atoms with Crippen molar-refractivity contribution in [3.8, 4) is 0 Å². The van der Waals surface area contributed by atoms with Gasteiger partial charge in [0, 0.05) is 37.9 Å². The van der Waals surface area contributed by atoms with Crippen LogP contribution in [0.5, 0.6) is 0 Å². The van der Waals surface area contributed by atoms with Gasteiger partial charge < -0.3 is 14.2 Å². The molecule has 1 saturated heterocycles. The van der Waals surface area contributed by atoms with Crippen LogP contribution in [-0.2, 0) is 11.3 Å². The number of imidazole rings is 1. The molecule has 0 aromatic carbocycles. The van der Waals surface area contributed by atoms with Crippen LogP contribution >= 0.6 is 0 Å². The average Bonchev–Trinajstić information content (AvgIpc) is 2.92. The number of hydrogen-bond acceptors (Lipinski definition) is 3. The maximum absolute atomic E-state index is 12.2. The fraction of sp³-hybridized carbons (Fsp3) is 0.778. The highest BCUT2D eigenvalue weighted by atomic mass is 16.6. The first-order valence-corrected chi connectivity index (χ1v) is 8.75. The standard InChI is InChI=1S/C18H31N3O2/c1-14(2)16-19-9-12-20(16)11-8-15-7-6-10-21(13-15)17(22)23-18(3,4)5/h9,12,14-15H,6-8,10-11,13H2,1-5H3/t15-/m1/s1. The van der Waals surface area contributed by atoms with E-state index in [1.165, 1.54) is 6.42 Å². The molecule has 1 aliphatic rings. The van der Waals surface area contributed by atoms with Gasteiger partial charge in [-0.3, -0.25) is 0 Å². The summed E-state index contributed by atoms with van der Waals surface area (Å²) < 4.78 is 7.75. The number of ether oxygens (including phenoxy) is 1. The third-order valence-corrected chi connectivity index (χ3v) is 4.21. The van der Waals surface area contributed by atoms with Crippen molar-refractivity contribution in [3.05, 3.63) is 18.2 Å². The largest absolute Gasteiger partial charge is 0.444 e. The number of aromatic nitrogens is 2. The monoisotopic (exact) mass is 321 g/mol. The van der Waals surface area contributed by atoms with Gasteiger partial charge in [0.05, 0.1) is 0 Å². The van der Waals surface area contributed by atoms with Crippen LogP contribution in [0.15, 0.2) is 12.4 Å². The summed E-state index contributed by atoms with van der Waals surface area (Å²) in [5.74, 6) is 2.12. The molecule has 5 heteroatoms. The Morgan fingerprint density at radius 2 is 2.17 bits per heavy atom. The molecule has 0 spiro atoms. The Morgan fingerprint density at radius 1 is 1.43 bits per heavy atom. The van der Waals surface area contributed by atoms with Crippen LogP contribution in [0.3, 0.4) is 0 Å². The van der Waals surface area contributed by atoms with E-state index in [4.69, 9.17) is 4.74 Å². The predicted molar refractivity (Wildman–Crippen MR) is 91.5 cm³/mol. The van der Waals surface area contributed by atoms with Gasteiger partial charge in [-0.15, -0.1) is 0 Å². The Morgan fingerprint density at radius 3 is 2.83 bits per heavy atom. The highest BCUT2D eigenvalue weighted by Crippen LogP contribution is 2.23. The van der Waals surface area contributed by atoms with E-state index in [1.807, 2.05) is 31.9 Å². The Hall–Kier alpha value is -1.52. The summed E-state index contributed by atoms with van der Waals surface area (Å²) in [6, 6.07) is 0. The van der Waals surface area contributed by atoms with E-state index in [0.717, 1.165) is 38.3 Å². The van der Waals surface area contributed by atoms with Crippen molar-refractivity contribution in [2.24, 2.45) is 5.92 Å². The number of carbonyl (C=O) groups excluding carboxylic acids is 1. The summed E-state index contributed by atoms with van der Waals surface area (Å²) in [6.45, 7) is 12.7. The molecule has 0 bridgehead atoms. The number of amides is 1. The maximum Gasteiger partial charge on any atom is 0.410 e. The minimum Gasteiger partial charge on any atom is -0.444 e. The van der Waals surface area contributed by atoms with Gasteiger partial charge in [-0.25, -0.2) is 9.78 Å². The number of aryl methyl sites for hydroxylation is 1. The van der Waals surface area contributed by atoms with Crippen molar-refractivity contribution in [2.45, 2.75) is 71.9 Å². The molecule has 5 nitrogen and oxygen atoms in total. The lowest BCUT2D eigenvalue weighted by Crippen LogP contribution is -2.43. The lowest BCUT2D eigenvalue weighted by Gasteiger charge is -2.34. The number of likely N-dealkylation sites (tertiary alicyclic amines) is 1. The number of rotatable bonds is 4. The third-order valence-electron chi connectivity index (χ3n) is 4.21. The molecular formula is C18H31N3O2. The van der Waals surface area contributed by atoms with Crippen LogP contribution in [-0.4, -0.2) is 39.2 Å². The zero-order valence-electron chi connectivity index (χ0n) is 15.2. The second-order valence-corrected chi connectivity index (χ2v) is 7.86. The first-order valence-electron chi connectivity index (χ1n) is 8.75. The smallest absolute Gasteiger partial charge is 0.410 e. The molecule has 130 valence electrons. The summed E-state index contributed by atoms with van der Waals surface area (Å²) in [7, 11) is 0. The third kappa shape index (κ3) is 5.26. The van der Waals surface area contributed by atoms with Gasteiger partial charge in [-0.1, -0.05) is 13.8 Å². The molecule has 0 saturated carbocycles. The van der Waals surface area contributed by atoms with Crippen molar-refractivity contribution in [1.82, 2.24) is 14.5 Å². The van der Waals surface area contributed by atoms with Crippen LogP contribution in [0, 0.1) is 5.92 Å². The molecule has 0 unspecified atom stereocenters. The van der Waals surface area contributed by atoms with E-state index in [2.05, 4.69) is 29.6 Å². The van der Waals surface area contributed by atoms with Crippen molar-refractivity contribution >= 4 is 6.09 Å². The molecule has 1 amide bonds. The second kappa shape index (κ2) is 7.37. The van der Waals surface area contributed by atoms with Gasteiger partial charge in [-0.2, -0.15) is 0 Å². The first kappa shape index (κ1) is 17.8. The summed E-state index contributed by atoms with van der Waals surface area (Å²) in [4.78, 5) is 18.5. The van der Waals surface area contributed by atoms with Gasteiger partial charge >= 0.3 is 6.09 Å². The number of hydrogen-bond donors (Lipinski definition) is 0. The van der Waals surface area contributed by atoms with Gasteiger partial charge in [0.15, 0.2) is 0 Å². The lowest BCUT2D eigenvalue weighted by molar-refractivity contribution is 0.0159. The van der Waals surface area contributed by atoms with Crippen LogP contribution in [0.4, 0.5) is 4.79 Å². The highest BCUT2D eigenvalue weighted by molar-refractivity contribution is 5.68. The van der Waals surface area contributed by atoms with E-state index in [9.17, 15) is 4.79 Å². The van der Waals surface area contributed by atoms with Gasteiger partial charge in [0.25, 0.3) is 0 Å². The van der Waals surface area contributed by atoms with Crippen LogP contribution < -0.4 is 0 Å². The van der Waals surface area contributed by atoms with Gasteiger partial charge in [0.2, 0.25) is 0 Å². The van der Waals surface area contributed by atoms with E-state index in [1.54, 1.807) is 0 Å². The molecule has 1 aromatic heterocycles. The molecule has 1 fully saturated rings. The zero-order valence-corrected chi connectivity index (χ0v) is 15.2. The summed E-state index contributed by atoms with van der Waals surface area (Å²) in [6.07, 6.45) is 7.09. The van der Waals surface area contributed by atoms with Crippen LogP contribution in [0.1, 0.15) is 65.6 Å². The topological polar surface area (TPSA) is 47.4 Å². The fourth-order valence-corrected chi connectivity index (χ4v) is 3.13. The minimum atomic E-state index is -0.424. The Bertz CT molecular complexity index is 517. The van der Waals surface area contributed by atoms with Crippen molar-refractivity contribution in [1.29, 1.82) is 0 Å². The van der Waals surface area contributed by atoms with Crippen LogP contribution in [0.2, 0.25) is 0 Å². The molecule has 1 atom stereocenters. The predicted octanol–water partition coefficient (Wildman–Crippen LogP) is 4.04. The molecule has 1 aliphatic heterocycles. The fourth-order valence-electron chi connectivity index (χ4n) is 3.13. The molecular weight excluding hydrogens is 290 g/mol. The quantitative estimate of drug-likeness (QED) is 0.840. The molecule has 1 aromatic rings. The van der Waals surface area contributed by atoms with E-state index in [-0.39, 0.29) is 6.09 Å². The molecule has 23 heavy (non-hydrogen) atoms. The lowest BCUT2D eigenvalue weighted by atomic mass is 9.95. The number of carbonyl (C=O) groups is 1. The van der Waals surface area contributed by atoms with Crippen molar-refractivity contribution in [2.75, 3.05) is 13.1 Å². The number of piperidine rings is 1. The Kier molecular flexibility index (Phi) is 5.71. The Balaban J connectivity index is 1.86. The average molecular weight is 321 g/mol. The van der Waals surface area contributed by atoms with Gasteiger partial charge in [0.1, 0.15) is 11.4 Å². The maximum atomic E-state index is 12.2. The summed E-state index contributed by atoms with van der Waals surface area (Å²) in [5.41, 5.74) is -0.424. The molecule has 0 aliphatic carbocycles. The second-order valence-electron chi connectivity index (χ2n) is 7.86. The van der Waals surface area contributed by atoms with Gasteiger partial charge in [-0.05, 0) is 46.0 Å². The highest BCUT2D eigenvalue weighted by Gasteiger charge is 2.27. The summed E-state index contributed by atoms with van der Waals surface area (Å²) >= 11 is 0. The van der Waals surface area contributed by atoms with Crippen LogP contribution in [0.25, 0.3) is 0 Å². The normalized spacial score (nSPS) is 19.2. The first-order chi connectivity index (χ1) is 10.8. The van der Waals surface area contributed by atoms with Crippen molar-refractivity contribution < 1.29 is 9.53 Å². The molecule has 0 radical (unpaired) electrons. The van der Waals surface area contributed by atoms with E-state index >= 15 is 0 Å². The number of nitrogens with zero attached hydrogens (tertiary/aromatic N) is 3. The minimum absolute atomic E-state index is 0.173. The summed E-state index contributed by atoms with van der Waals surface area (Å²) in [5, 5.41) is 0. The molecule has 2 heterocycles.